The smallest absolute Gasteiger partial charge is 0.246 e. The molecule has 0 radical (unpaired) electrons. The number of nitrogens with one attached hydrogen (secondary N) is 1. The van der Waals surface area contributed by atoms with Crippen LogP contribution in [0.1, 0.15) is 28.6 Å². The molecule has 0 spiro atoms. The van der Waals surface area contributed by atoms with Gasteiger partial charge >= 0.3 is 0 Å². The number of furan rings is 1. The molecule has 0 aliphatic carbocycles. The molecule has 3 aliphatic heterocycles. The molecule has 1 saturated heterocycles. The van der Waals surface area contributed by atoms with Crippen molar-refractivity contribution in [1.29, 1.82) is 0 Å². The third-order valence-electron chi connectivity index (χ3n) is 6.98. The highest BCUT2D eigenvalue weighted by molar-refractivity contribution is 5.97. The van der Waals surface area contributed by atoms with Crippen LogP contribution in [-0.4, -0.2) is 46.0 Å². The predicted molar refractivity (Wildman–Crippen MR) is 121 cm³/mol. The Morgan fingerprint density at radius 1 is 1.00 bits per heavy atom. The Hall–Kier alpha value is -4.20. The summed E-state index contributed by atoms with van der Waals surface area (Å²) in [7, 11) is 0. The summed E-state index contributed by atoms with van der Waals surface area (Å²) in [6.07, 6.45) is 2.03. The molecule has 2 atom stereocenters. The van der Waals surface area contributed by atoms with Crippen LogP contribution in [0.4, 0.5) is 0 Å². The molecular weight excluding hydrogens is 434 g/mol. The lowest BCUT2D eigenvalue weighted by Gasteiger charge is -2.47. The van der Waals surface area contributed by atoms with E-state index in [1.807, 2.05) is 42.5 Å². The van der Waals surface area contributed by atoms with Gasteiger partial charge in [-0.25, -0.2) is 0 Å². The zero-order valence-corrected chi connectivity index (χ0v) is 18.2. The van der Waals surface area contributed by atoms with Crippen molar-refractivity contribution in [3.63, 3.8) is 0 Å². The molecule has 34 heavy (non-hydrogen) atoms. The molecule has 1 N–H and O–H groups in total. The summed E-state index contributed by atoms with van der Waals surface area (Å²) >= 11 is 0. The maximum Gasteiger partial charge on any atom is 0.246 e. The SMILES string of the molecule is O=C1[C@H]2Cc3c([nH]c4ccccc34)[C@@H](c3ccc4c(c3)OCO4)N2C(=O)CN1Cc1ccco1. The Labute approximate surface area is 194 Å². The minimum atomic E-state index is -0.599. The number of hydrogen-bond donors (Lipinski definition) is 1. The summed E-state index contributed by atoms with van der Waals surface area (Å²) in [5.74, 6) is 1.82. The first-order valence-electron chi connectivity index (χ1n) is 11.3. The van der Waals surface area contributed by atoms with Crippen molar-refractivity contribution >= 4 is 22.7 Å². The number of carbonyl (C=O) groups excluding carboxylic acids is 2. The fourth-order valence-corrected chi connectivity index (χ4v) is 5.48. The van der Waals surface area contributed by atoms with Crippen LogP contribution in [0.3, 0.4) is 0 Å². The quantitative estimate of drug-likeness (QED) is 0.512. The zero-order valence-electron chi connectivity index (χ0n) is 18.2. The number of H-pyrrole nitrogens is 1. The molecule has 4 aromatic rings. The number of para-hydroxylation sites is 1. The lowest BCUT2D eigenvalue weighted by Crippen LogP contribution is -2.62. The number of amides is 2. The average Bonchev–Trinajstić information content (AvgIpc) is 3.60. The van der Waals surface area contributed by atoms with E-state index in [4.69, 9.17) is 13.9 Å². The molecule has 7 rings (SSSR count). The number of piperazine rings is 1. The Kier molecular flexibility index (Phi) is 4.05. The Bertz CT molecular complexity index is 1440. The van der Waals surface area contributed by atoms with Gasteiger partial charge < -0.3 is 28.7 Å². The summed E-state index contributed by atoms with van der Waals surface area (Å²) < 4.78 is 16.5. The van der Waals surface area contributed by atoms with Gasteiger partial charge in [0.2, 0.25) is 18.6 Å². The lowest BCUT2D eigenvalue weighted by molar-refractivity contribution is -0.159. The average molecular weight is 455 g/mol. The molecule has 0 saturated carbocycles. The van der Waals surface area contributed by atoms with Gasteiger partial charge in [-0.3, -0.25) is 9.59 Å². The van der Waals surface area contributed by atoms with E-state index in [0.717, 1.165) is 27.7 Å². The van der Waals surface area contributed by atoms with Crippen LogP contribution in [0.2, 0.25) is 0 Å². The largest absolute Gasteiger partial charge is 0.467 e. The van der Waals surface area contributed by atoms with E-state index < -0.39 is 12.1 Å². The maximum absolute atomic E-state index is 13.7. The van der Waals surface area contributed by atoms with E-state index in [-0.39, 0.29) is 31.7 Å². The fraction of sp³-hybridized carbons (Fsp3) is 0.231. The molecule has 3 aliphatic rings. The van der Waals surface area contributed by atoms with Gasteiger partial charge in [0.15, 0.2) is 11.5 Å². The number of nitrogens with zero attached hydrogens (tertiary/aromatic N) is 2. The summed E-state index contributed by atoms with van der Waals surface area (Å²) in [5.41, 5.74) is 3.88. The topological polar surface area (TPSA) is 88.0 Å². The van der Waals surface area contributed by atoms with E-state index in [0.29, 0.717) is 23.7 Å². The molecular formula is C26H21N3O5. The van der Waals surface area contributed by atoms with Crippen molar-refractivity contribution in [2.24, 2.45) is 0 Å². The first kappa shape index (κ1) is 19.3. The second-order valence-electron chi connectivity index (χ2n) is 8.87. The number of ether oxygens (including phenoxy) is 2. The van der Waals surface area contributed by atoms with Crippen molar-refractivity contribution in [3.8, 4) is 11.5 Å². The van der Waals surface area contributed by atoms with Gasteiger partial charge in [0, 0.05) is 23.0 Å². The highest BCUT2D eigenvalue weighted by atomic mass is 16.7. The van der Waals surface area contributed by atoms with E-state index in [1.165, 1.54) is 0 Å². The van der Waals surface area contributed by atoms with Gasteiger partial charge in [-0.1, -0.05) is 24.3 Å². The molecule has 5 heterocycles. The number of aromatic nitrogens is 1. The molecule has 1 fully saturated rings. The third-order valence-corrected chi connectivity index (χ3v) is 6.98. The molecule has 8 heteroatoms. The van der Waals surface area contributed by atoms with Crippen LogP contribution in [-0.2, 0) is 22.6 Å². The van der Waals surface area contributed by atoms with Gasteiger partial charge in [0.25, 0.3) is 0 Å². The van der Waals surface area contributed by atoms with E-state index >= 15 is 0 Å². The maximum atomic E-state index is 13.7. The molecule has 2 amide bonds. The normalized spacial score (nSPS) is 21.2. The number of rotatable bonds is 3. The second kappa shape index (κ2) is 7.15. The number of carbonyl (C=O) groups is 2. The summed E-state index contributed by atoms with van der Waals surface area (Å²) in [6, 6.07) is 16.4. The number of aromatic amines is 1. The van der Waals surface area contributed by atoms with Crippen molar-refractivity contribution in [2.45, 2.75) is 25.0 Å². The van der Waals surface area contributed by atoms with E-state index in [1.54, 1.807) is 22.1 Å². The first-order valence-corrected chi connectivity index (χ1v) is 11.3. The standard InChI is InChI=1S/C26H21N3O5/c30-23-13-28(12-16-4-3-9-32-16)26(31)20-11-18-17-5-1-2-6-19(17)27-24(18)25(29(20)23)15-7-8-21-22(10-15)34-14-33-21/h1-10,20,25,27H,11-14H2/t20-,25-/m1/s1. The van der Waals surface area contributed by atoms with Crippen LogP contribution >= 0.6 is 0 Å². The van der Waals surface area contributed by atoms with Crippen molar-refractivity contribution in [3.05, 3.63) is 83.4 Å². The van der Waals surface area contributed by atoms with Crippen LogP contribution in [0, 0.1) is 0 Å². The Balaban J connectivity index is 1.37. The lowest BCUT2D eigenvalue weighted by atomic mass is 9.86. The van der Waals surface area contributed by atoms with Gasteiger partial charge in [-0.2, -0.15) is 0 Å². The van der Waals surface area contributed by atoms with Crippen molar-refractivity contribution < 1.29 is 23.5 Å². The fourth-order valence-electron chi connectivity index (χ4n) is 5.48. The number of benzene rings is 2. The predicted octanol–water partition coefficient (Wildman–Crippen LogP) is 3.37. The monoisotopic (exact) mass is 455 g/mol. The minimum Gasteiger partial charge on any atom is -0.467 e. The molecule has 170 valence electrons. The Morgan fingerprint density at radius 2 is 1.88 bits per heavy atom. The molecule has 2 aromatic heterocycles. The number of hydrogen-bond acceptors (Lipinski definition) is 5. The van der Waals surface area contributed by atoms with Crippen LogP contribution in [0.25, 0.3) is 10.9 Å². The van der Waals surface area contributed by atoms with Crippen LogP contribution in [0.5, 0.6) is 11.5 Å². The van der Waals surface area contributed by atoms with E-state index in [2.05, 4.69) is 11.1 Å². The highest BCUT2D eigenvalue weighted by Gasteiger charge is 2.48. The van der Waals surface area contributed by atoms with Crippen LogP contribution < -0.4 is 9.47 Å². The number of fused-ring (bicyclic) bond motifs is 5. The molecule has 0 bridgehead atoms. The van der Waals surface area contributed by atoms with Gasteiger partial charge in [-0.15, -0.1) is 0 Å². The molecule has 2 aromatic carbocycles. The first-order chi connectivity index (χ1) is 16.7. The van der Waals surface area contributed by atoms with Gasteiger partial charge in [-0.05, 0) is 41.5 Å². The zero-order chi connectivity index (χ0) is 22.8. The summed E-state index contributed by atoms with van der Waals surface area (Å²) in [6.45, 7) is 0.455. The highest BCUT2D eigenvalue weighted by Crippen LogP contribution is 2.45. The summed E-state index contributed by atoms with van der Waals surface area (Å²) in [4.78, 5) is 34.2. The second-order valence-corrected chi connectivity index (χ2v) is 8.87. The molecule has 8 nitrogen and oxygen atoms in total. The van der Waals surface area contributed by atoms with Gasteiger partial charge in [0.05, 0.1) is 18.8 Å². The minimum absolute atomic E-state index is 0.00659. The van der Waals surface area contributed by atoms with E-state index in [9.17, 15) is 9.59 Å². The Morgan fingerprint density at radius 3 is 2.76 bits per heavy atom. The third kappa shape index (κ3) is 2.78. The van der Waals surface area contributed by atoms with Crippen molar-refractivity contribution in [1.82, 2.24) is 14.8 Å². The summed E-state index contributed by atoms with van der Waals surface area (Å²) in [5, 5.41) is 1.08. The molecule has 0 unspecified atom stereocenters. The van der Waals surface area contributed by atoms with Crippen LogP contribution in [0.15, 0.2) is 65.3 Å². The van der Waals surface area contributed by atoms with Crippen molar-refractivity contribution in [2.75, 3.05) is 13.3 Å². The van der Waals surface area contributed by atoms with Gasteiger partial charge in [0.1, 0.15) is 18.3 Å².